The number of carbonyl (C=O) groups excluding carboxylic acids is 2. The van der Waals surface area contributed by atoms with Crippen molar-refractivity contribution in [2.75, 3.05) is 46.3 Å². The van der Waals surface area contributed by atoms with Gasteiger partial charge in [-0.2, -0.15) is 0 Å². The summed E-state index contributed by atoms with van der Waals surface area (Å²) in [5, 5.41) is 0. The van der Waals surface area contributed by atoms with Crippen LogP contribution in [0.1, 0.15) is 39.0 Å². The van der Waals surface area contributed by atoms with Gasteiger partial charge in [-0.1, -0.05) is 26.6 Å². The van der Waals surface area contributed by atoms with Crippen LogP contribution in [0.4, 0.5) is 4.79 Å². The van der Waals surface area contributed by atoms with Gasteiger partial charge in [-0.25, -0.2) is 9.69 Å². The van der Waals surface area contributed by atoms with Crippen molar-refractivity contribution in [2.24, 2.45) is 5.41 Å². The van der Waals surface area contributed by atoms with Crippen molar-refractivity contribution < 1.29 is 28.5 Å². The quantitative estimate of drug-likeness (QED) is 0.334. The summed E-state index contributed by atoms with van der Waals surface area (Å²) in [5.41, 5.74) is -0.960. The fraction of sp³-hybridized carbons (Fsp3) is 0.909. The molecule has 0 radical (unpaired) electrons. The van der Waals surface area contributed by atoms with Gasteiger partial charge in [-0.3, -0.25) is 4.79 Å². The predicted molar refractivity (Wildman–Crippen MR) is 117 cm³/mol. The Bertz CT molecular complexity index is 687. The van der Waals surface area contributed by atoms with E-state index in [4.69, 9.17) is 18.9 Å². The molecule has 0 N–H and O–H groups in total. The average molecular weight is 455 g/mol. The van der Waals surface area contributed by atoms with E-state index < -0.39 is 19.4 Å². The van der Waals surface area contributed by atoms with Crippen LogP contribution in [0.2, 0.25) is 25.7 Å². The van der Waals surface area contributed by atoms with Gasteiger partial charge in [0.1, 0.15) is 12.3 Å². The molecule has 0 bridgehead atoms. The van der Waals surface area contributed by atoms with Crippen LogP contribution >= 0.6 is 0 Å². The van der Waals surface area contributed by atoms with Crippen molar-refractivity contribution in [3.8, 4) is 0 Å². The highest BCUT2D eigenvalue weighted by atomic mass is 28.3. The summed E-state index contributed by atoms with van der Waals surface area (Å²) in [6.07, 6.45) is 4.00. The number of nitrogens with zero attached hydrogens (tertiary/aromatic N) is 2. The van der Waals surface area contributed by atoms with E-state index in [0.717, 1.165) is 31.7 Å². The highest BCUT2D eigenvalue weighted by molar-refractivity contribution is 6.76. The van der Waals surface area contributed by atoms with E-state index in [1.807, 2.05) is 0 Å². The number of carbonyl (C=O) groups is 2. The number of hydrogen-bond donors (Lipinski definition) is 0. The second-order valence-corrected chi connectivity index (χ2v) is 16.8. The van der Waals surface area contributed by atoms with Gasteiger partial charge in [0.25, 0.3) is 5.91 Å². The Morgan fingerprint density at radius 1 is 1.00 bits per heavy atom. The van der Waals surface area contributed by atoms with Crippen molar-refractivity contribution in [3.63, 3.8) is 0 Å². The van der Waals surface area contributed by atoms with Crippen molar-refractivity contribution in [2.45, 2.75) is 76.0 Å². The van der Waals surface area contributed by atoms with Crippen LogP contribution in [-0.4, -0.2) is 87.4 Å². The van der Waals surface area contributed by atoms with Gasteiger partial charge in [0, 0.05) is 47.1 Å². The molecule has 1 unspecified atom stereocenters. The SMILES string of the molecule is CC1(CN2C(=O)N(COCC[Si](C)(C)C)C(=O)C23CCOC3)CCC2(CC1)OCCO2. The molecule has 1 aliphatic carbocycles. The fourth-order valence-corrected chi connectivity index (χ4v) is 5.90. The normalized spacial score (nSPS) is 30.3. The number of ether oxygens (including phenoxy) is 4. The smallest absolute Gasteiger partial charge is 0.329 e. The van der Waals surface area contributed by atoms with Crippen LogP contribution in [0.3, 0.4) is 0 Å². The lowest BCUT2D eigenvalue weighted by Crippen LogP contribution is -2.54. The molecule has 1 atom stereocenters. The maximum Gasteiger partial charge on any atom is 0.329 e. The number of hydrogen-bond acceptors (Lipinski definition) is 6. The number of imide groups is 1. The molecule has 1 saturated carbocycles. The summed E-state index contributed by atoms with van der Waals surface area (Å²) in [6.45, 7) is 12.3. The Labute approximate surface area is 186 Å². The summed E-state index contributed by atoms with van der Waals surface area (Å²) in [5.74, 6) is -0.601. The van der Waals surface area contributed by atoms with Gasteiger partial charge in [0.2, 0.25) is 0 Å². The third-order valence-electron chi connectivity index (χ3n) is 7.41. The van der Waals surface area contributed by atoms with E-state index in [0.29, 0.717) is 39.4 Å². The van der Waals surface area contributed by atoms with E-state index >= 15 is 0 Å². The molecule has 4 rings (SSSR count). The zero-order chi connectivity index (χ0) is 22.3. The molecule has 4 fully saturated rings. The maximum absolute atomic E-state index is 13.4. The molecule has 3 amide bonds. The first-order valence-corrected chi connectivity index (χ1v) is 15.4. The largest absolute Gasteiger partial charge is 0.378 e. The molecular formula is C22H38N2O6Si. The Morgan fingerprint density at radius 3 is 2.26 bits per heavy atom. The van der Waals surface area contributed by atoms with E-state index in [1.54, 1.807) is 4.90 Å². The first-order chi connectivity index (χ1) is 14.6. The molecule has 3 saturated heterocycles. The summed E-state index contributed by atoms with van der Waals surface area (Å²) >= 11 is 0. The number of rotatable bonds is 7. The second kappa shape index (κ2) is 8.41. The molecule has 0 aromatic carbocycles. The molecule has 8 nitrogen and oxygen atoms in total. The highest BCUT2D eigenvalue weighted by Gasteiger charge is 2.60. The number of urea groups is 1. The van der Waals surface area contributed by atoms with Gasteiger partial charge in [0.05, 0.1) is 19.8 Å². The Balaban J connectivity index is 1.43. The minimum atomic E-state index is -1.23. The van der Waals surface area contributed by atoms with Gasteiger partial charge >= 0.3 is 6.03 Å². The van der Waals surface area contributed by atoms with Crippen LogP contribution in [0, 0.1) is 5.41 Å². The Morgan fingerprint density at radius 2 is 1.68 bits per heavy atom. The third-order valence-corrected chi connectivity index (χ3v) is 9.12. The van der Waals surface area contributed by atoms with Crippen LogP contribution in [0.25, 0.3) is 0 Å². The molecule has 2 spiro atoms. The molecule has 0 aromatic heterocycles. The molecule has 4 aliphatic rings. The minimum absolute atomic E-state index is 0.0297. The molecule has 176 valence electrons. The lowest BCUT2D eigenvalue weighted by molar-refractivity contribution is -0.191. The van der Waals surface area contributed by atoms with Gasteiger partial charge in [0.15, 0.2) is 5.79 Å². The lowest BCUT2D eigenvalue weighted by Gasteiger charge is -2.45. The van der Waals surface area contributed by atoms with Crippen LogP contribution in [0.5, 0.6) is 0 Å². The standard InChI is InChI=1S/C22H38N2O6Si/c1-20(5-7-22(8-6-20)29-11-12-30-22)15-24-19(26)23(17-28-13-14-31(2,3)4)18(25)21(24)9-10-27-16-21/h5-17H2,1-4H3. The van der Waals surface area contributed by atoms with E-state index in [-0.39, 0.29) is 30.7 Å². The first-order valence-electron chi connectivity index (χ1n) is 11.7. The zero-order valence-corrected chi connectivity index (χ0v) is 20.5. The summed E-state index contributed by atoms with van der Waals surface area (Å²) in [6, 6.07) is 0.768. The van der Waals surface area contributed by atoms with Crippen molar-refractivity contribution in [3.05, 3.63) is 0 Å². The first kappa shape index (κ1) is 23.2. The maximum atomic E-state index is 13.4. The van der Waals surface area contributed by atoms with E-state index in [2.05, 4.69) is 26.6 Å². The predicted octanol–water partition coefficient (Wildman–Crippen LogP) is 3.05. The van der Waals surface area contributed by atoms with E-state index in [1.165, 1.54) is 4.90 Å². The molecule has 3 aliphatic heterocycles. The van der Waals surface area contributed by atoms with Crippen LogP contribution < -0.4 is 0 Å². The van der Waals surface area contributed by atoms with Gasteiger partial charge in [-0.15, -0.1) is 0 Å². The van der Waals surface area contributed by atoms with Gasteiger partial charge in [-0.05, 0) is 24.3 Å². The van der Waals surface area contributed by atoms with Crippen LogP contribution in [0.15, 0.2) is 0 Å². The Kier molecular flexibility index (Phi) is 6.28. The second-order valence-electron chi connectivity index (χ2n) is 11.2. The minimum Gasteiger partial charge on any atom is -0.378 e. The Hall–Kier alpha value is -1.00. The van der Waals surface area contributed by atoms with Crippen molar-refractivity contribution in [1.29, 1.82) is 0 Å². The van der Waals surface area contributed by atoms with Gasteiger partial charge < -0.3 is 23.8 Å². The molecular weight excluding hydrogens is 416 g/mol. The molecule has 3 heterocycles. The average Bonchev–Trinajstić information content (AvgIpc) is 3.41. The monoisotopic (exact) mass is 454 g/mol. The fourth-order valence-electron chi connectivity index (χ4n) is 5.15. The number of amides is 3. The van der Waals surface area contributed by atoms with Crippen molar-refractivity contribution in [1.82, 2.24) is 9.80 Å². The molecule has 31 heavy (non-hydrogen) atoms. The third kappa shape index (κ3) is 4.57. The molecule has 0 aromatic rings. The molecule has 9 heteroatoms. The topological polar surface area (TPSA) is 77.5 Å². The zero-order valence-electron chi connectivity index (χ0n) is 19.5. The van der Waals surface area contributed by atoms with Crippen molar-refractivity contribution >= 4 is 20.0 Å². The van der Waals surface area contributed by atoms with Crippen LogP contribution in [-0.2, 0) is 23.7 Å². The summed E-state index contributed by atoms with van der Waals surface area (Å²) < 4.78 is 23.2. The summed E-state index contributed by atoms with van der Waals surface area (Å²) in [4.78, 5) is 29.8. The highest BCUT2D eigenvalue weighted by Crippen LogP contribution is 2.47. The lowest BCUT2D eigenvalue weighted by atomic mass is 9.72. The summed E-state index contributed by atoms with van der Waals surface area (Å²) in [7, 11) is -1.23. The van der Waals surface area contributed by atoms with E-state index in [9.17, 15) is 9.59 Å².